The molecule has 0 unspecified atom stereocenters. The van der Waals surface area contributed by atoms with Crippen LogP contribution in [0.1, 0.15) is 0 Å². The van der Waals surface area contributed by atoms with Crippen LogP contribution in [-0.4, -0.2) is 0 Å². The van der Waals surface area contributed by atoms with Crippen LogP contribution >= 0.6 is 0 Å². The second-order valence-corrected chi connectivity index (χ2v) is 5.01. The van der Waals surface area contributed by atoms with Crippen LogP contribution in [0.4, 0.5) is 5.69 Å². The Labute approximate surface area is 111 Å². The summed E-state index contributed by atoms with van der Waals surface area (Å²) in [7, 11) is 0. The summed E-state index contributed by atoms with van der Waals surface area (Å²) < 4.78 is 0. The molecule has 4 aromatic carbocycles. The van der Waals surface area contributed by atoms with Gasteiger partial charge in [-0.25, -0.2) is 0 Å². The molecule has 0 atom stereocenters. The van der Waals surface area contributed by atoms with Crippen LogP contribution in [0.3, 0.4) is 0 Å². The molecule has 1 nitrogen and oxygen atoms in total. The highest BCUT2D eigenvalue weighted by molar-refractivity contribution is 6.05. The number of anilines is 1. The summed E-state index contributed by atoms with van der Waals surface area (Å²) in [4.78, 5) is 0. The lowest BCUT2D eigenvalue weighted by atomic mass is 9.99. The van der Waals surface area contributed by atoms with Gasteiger partial charge in [-0.15, -0.1) is 0 Å². The molecule has 2 N–H and O–H groups in total. The molecule has 0 bridgehead atoms. The van der Waals surface area contributed by atoms with Gasteiger partial charge in [0, 0.05) is 5.69 Å². The van der Waals surface area contributed by atoms with Gasteiger partial charge in [-0.3, -0.25) is 0 Å². The summed E-state index contributed by atoms with van der Waals surface area (Å²) in [5.41, 5.74) is 6.67. The van der Waals surface area contributed by atoms with E-state index in [4.69, 9.17) is 5.73 Å². The first-order valence-electron chi connectivity index (χ1n) is 6.41. The number of hydrogen-bond acceptors (Lipinski definition) is 1. The minimum Gasteiger partial charge on any atom is -0.399 e. The van der Waals surface area contributed by atoms with Gasteiger partial charge in [0.25, 0.3) is 0 Å². The molecule has 0 heterocycles. The van der Waals surface area contributed by atoms with E-state index in [0.29, 0.717) is 0 Å². The third-order valence-electron chi connectivity index (χ3n) is 3.68. The van der Waals surface area contributed by atoms with Gasteiger partial charge in [0.05, 0.1) is 0 Å². The van der Waals surface area contributed by atoms with E-state index in [1.54, 1.807) is 0 Å². The highest BCUT2D eigenvalue weighted by Gasteiger charge is 2.01. The van der Waals surface area contributed by atoms with Crippen molar-refractivity contribution in [2.75, 3.05) is 5.73 Å². The van der Waals surface area contributed by atoms with Crippen LogP contribution < -0.4 is 5.73 Å². The number of hydrogen-bond donors (Lipinski definition) is 1. The van der Waals surface area contributed by atoms with Crippen molar-refractivity contribution in [1.29, 1.82) is 0 Å². The zero-order valence-electron chi connectivity index (χ0n) is 10.4. The number of fused-ring (bicyclic) bond motifs is 3. The summed E-state index contributed by atoms with van der Waals surface area (Å²) in [6.07, 6.45) is 0. The molecule has 1 heteroatoms. The second kappa shape index (κ2) is 3.72. The smallest absolute Gasteiger partial charge is 0.0320 e. The average molecular weight is 243 g/mol. The van der Waals surface area contributed by atoms with E-state index in [-0.39, 0.29) is 0 Å². The third kappa shape index (κ3) is 1.63. The Morgan fingerprint density at radius 2 is 0.947 bits per heavy atom. The molecule has 0 aliphatic carbocycles. The Balaban J connectivity index is 2.16. The van der Waals surface area contributed by atoms with E-state index in [9.17, 15) is 0 Å². The maximum Gasteiger partial charge on any atom is 0.0320 e. The Hall–Kier alpha value is -2.54. The molecule has 0 fully saturated rings. The van der Waals surface area contributed by atoms with Crippen molar-refractivity contribution in [2.45, 2.75) is 0 Å². The topological polar surface area (TPSA) is 26.0 Å². The largest absolute Gasteiger partial charge is 0.399 e. The lowest BCUT2D eigenvalue weighted by Gasteiger charge is -2.05. The van der Waals surface area contributed by atoms with Crippen molar-refractivity contribution >= 4 is 38.0 Å². The van der Waals surface area contributed by atoms with Crippen molar-refractivity contribution in [1.82, 2.24) is 0 Å². The quantitative estimate of drug-likeness (QED) is 0.350. The number of nitrogen functional groups attached to an aromatic ring is 1. The monoisotopic (exact) mass is 243 g/mol. The lowest BCUT2D eigenvalue weighted by Crippen LogP contribution is -1.84. The lowest BCUT2D eigenvalue weighted by molar-refractivity contribution is 1.75. The Kier molecular flexibility index (Phi) is 2.04. The Morgan fingerprint density at radius 1 is 0.474 bits per heavy atom. The maximum absolute atomic E-state index is 5.86. The first-order valence-corrected chi connectivity index (χ1v) is 6.41. The van der Waals surface area contributed by atoms with Crippen molar-refractivity contribution < 1.29 is 0 Å². The van der Waals surface area contributed by atoms with Crippen LogP contribution in [0.25, 0.3) is 32.3 Å². The summed E-state index contributed by atoms with van der Waals surface area (Å²) in [6.45, 7) is 0. The molecular formula is C18H13N. The fourth-order valence-corrected chi connectivity index (χ4v) is 2.71. The van der Waals surface area contributed by atoms with Crippen LogP contribution in [0.5, 0.6) is 0 Å². The molecule has 0 aromatic heterocycles. The van der Waals surface area contributed by atoms with Gasteiger partial charge < -0.3 is 5.73 Å². The van der Waals surface area contributed by atoms with Crippen molar-refractivity contribution in [2.24, 2.45) is 0 Å². The van der Waals surface area contributed by atoms with Crippen LogP contribution in [0.2, 0.25) is 0 Å². The normalized spacial score (nSPS) is 11.4. The number of benzene rings is 4. The number of nitrogens with two attached hydrogens (primary N) is 1. The van der Waals surface area contributed by atoms with Gasteiger partial charge in [-0.2, -0.15) is 0 Å². The predicted molar refractivity (Wildman–Crippen MR) is 83.4 cm³/mol. The molecular weight excluding hydrogens is 230 g/mol. The molecule has 0 amide bonds. The molecule has 4 aromatic rings. The zero-order valence-corrected chi connectivity index (χ0v) is 10.4. The standard InChI is InChI=1S/C18H13N/c19-18-6-5-14-9-15-7-12-3-1-2-4-13(12)8-16(15)10-17(14)11-18/h1-11H,19H2. The third-order valence-corrected chi connectivity index (χ3v) is 3.68. The molecule has 0 aliphatic rings. The maximum atomic E-state index is 5.86. The van der Waals surface area contributed by atoms with Crippen molar-refractivity contribution in [3.63, 3.8) is 0 Å². The highest BCUT2D eigenvalue weighted by Crippen LogP contribution is 2.28. The van der Waals surface area contributed by atoms with E-state index < -0.39 is 0 Å². The Morgan fingerprint density at radius 3 is 1.58 bits per heavy atom. The molecule has 4 rings (SSSR count). The van der Waals surface area contributed by atoms with Gasteiger partial charge in [0.15, 0.2) is 0 Å². The molecule has 0 radical (unpaired) electrons. The molecule has 0 spiro atoms. The first-order chi connectivity index (χ1) is 9.29. The fourth-order valence-electron chi connectivity index (χ4n) is 2.71. The minimum atomic E-state index is 0.813. The zero-order chi connectivity index (χ0) is 12.8. The SMILES string of the molecule is Nc1ccc2cc3cc4ccccc4cc3cc2c1. The summed E-state index contributed by atoms with van der Waals surface area (Å²) in [6, 6.07) is 23.5. The van der Waals surface area contributed by atoms with Crippen molar-refractivity contribution in [3.05, 3.63) is 66.7 Å². The van der Waals surface area contributed by atoms with E-state index >= 15 is 0 Å². The average Bonchev–Trinajstić information content (AvgIpc) is 2.43. The van der Waals surface area contributed by atoms with Crippen LogP contribution in [0, 0.1) is 0 Å². The highest BCUT2D eigenvalue weighted by atomic mass is 14.5. The molecule has 0 saturated carbocycles. The van der Waals surface area contributed by atoms with Crippen LogP contribution in [-0.2, 0) is 0 Å². The predicted octanol–water partition coefficient (Wildman–Crippen LogP) is 4.73. The molecule has 19 heavy (non-hydrogen) atoms. The summed E-state index contributed by atoms with van der Waals surface area (Å²) in [5.74, 6) is 0. The van der Waals surface area contributed by atoms with E-state index in [1.807, 2.05) is 12.1 Å². The number of rotatable bonds is 0. The molecule has 90 valence electrons. The fraction of sp³-hybridized carbons (Fsp3) is 0. The molecule has 0 aliphatic heterocycles. The van der Waals surface area contributed by atoms with Gasteiger partial charge in [0.1, 0.15) is 0 Å². The van der Waals surface area contributed by atoms with Crippen LogP contribution in [0.15, 0.2) is 66.7 Å². The van der Waals surface area contributed by atoms with E-state index in [0.717, 1.165) is 5.69 Å². The van der Waals surface area contributed by atoms with Gasteiger partial charge in [0.2, 0.25) is 0 Å². The Bertz CT molecular complexity index is 922. The van der Waals surface area contributed by atoms with Gasteiger partial charge in [-0.1, -0.05) is 30.3 Å². The summed E-state index contributed by atoms with van der Waals surface area (Å²) in [5, 5.41) is 7.52. The minimum absolute atomic E-state index is 0.813. The molecule has 0 saturated heterocycles. The van der Waals surface area contributed by atoms with E-state index in [2.05, 4.69) is 54.6 Å². The van der Waals surface area contributed by atoms with Crippen molar-refractivity contribution in [3.8, 4) is 0 Å². The van der Waals surface area contributed by atoms with E-state index in [1.165, 1.54) is 32.3 Å². The second-order valence-electron chi connectivity index (χ2n) is 5.01. The van der Waals surface area contributed by atoms with Gasteiger partial charge in [-0.05, 0) is 68.7 Å². The first kappa shape index (κ1) is 10.4. The van der Waals surface area contributed by atoms with Gasteiger partial charge >= 0.3 is 0 Å². The summed E-state index contributed by atoms with van der Waals surface area (Å²) >= 11 is 0.